The Labute approximate surface area is 175 Å². The number of carbonyl (C=O) groups is 1. The predicted molar refractivity (Wildman–Crippen MR) is 109 cm³/mol. The van der Waals surface area contributed by atoms with Gasteiger partial charge in [0.25, 0.3) is 0 Å². The summed E-state index contributed by atoms with van der Waals surface area (Å²) in [5, 5.41) is 13.3. The molecule has 0 spiro atoms. The van der Waals surface area contributed by atoms with Crippen LogP contribution >= 0.6 is 46.6 Å². The van der Waals surface area contributed by atoms with Gasteiger partial charge >= 0.3 is 5.97 Å². The van der Waals surface area contributed by atoms with E-state index in [1.807, 2.05) is 12.1 Å². The number of rotatable bonds is 6. The lowest BCUT2D eigenvalue weighted by Crippen LogP contribution is -2.33. The molecule has 0 radical (unpaired) electrons. The van der Waals surface area contributed by atoms with Gasteiger partial charge in [-0.15, -0.1) is 11.8 Å². The average Bonchev–Trinajstić information content (AvgIpc) is 3.15. The number of ether oxygens (including phenoxy) is 2. The van der Waals surface area contributed by atoms with Crippen LogP contribution in [0.4, 0.5) is 0 Å². The maximum atomic E-state index is 11.1. The van der Waals surface area contributed by atoms with Crippen LogP contribution in [0.1, 0.15) is 16.5 Å². The highest BCUT2D eigenvalue weighted by molar-refractivity contribution is 7.99. The van der Waals surface area contributed by atoms with Crippen LogP contribution in [-0.2, 0) is 11.4 Å². The number of carboxylic acid groups (broad SMARTS) is 1. The van der Waals surface area contributed by atoms with Crippen LogP contribution in [0.3, 0.4) is 0 Å². The van der Waals surface area contributed by atoms with Gasteiger partial charge in [0.15, 0.2) is 11.5 Å². The zero-order valence-corrected chi connectivity index (χ0v) is 17.3. The molecule has 9 heteroatoms. The minimum atomic E-state index is -0.854. The Bertz CT molecular complexity index is 865. The van der Waals surface area contributed by atoms with E-state index in [2.05, 4.69) is 5.32 Å². The van der Waals surface area contributed by atoms with Crippen molar-refractivity contribution in [1.82, 2.24) is 5.32 Å². The number of carboxylic acids is 1. The van der Waals surface area contributed by atoms with Crippen molar-refractivity contribution >= 4 is 52.5 Å². The average molecular weight is 449 g/mol. The molecule has 0 aromatic heterocycles. The van der Waals surface area contributed by atoms with Crippen molar-refractivity contribution in [3.05, 3.63) is 56.5 Å². The largest absolute Gasteiger partial charge is 0.493 e. The normalized spacial score (nSPS) is 19.1. The van der Waals surface area contributed by atoms with Crippen molar-refractivity contribution in [2.75, 3.05) is 12.9 Å². The first kappa shape index (κ1) is 20.4. The van der Waals surface area contributed by atoms with Crippen LogP contribution in [0.2, 0.25) is 15.1 Å². The summed E-state index contributed by atoms with van der Waals surface area (Å²) < 4.78 is 11.3. The molecule has 2 atom stereocenters. The van der Waals surface area contributed by atoms with Gasteiger partial charge in [0.05, 0.1) is 22.5 Å². The molecule has 0 amide bonds. The van der Waals surface area contributed by atoms with E-state index in [0.29, 0.717) is 37.9 Å². The third-order valence-corrected chi connectivity index (χ3v) is 6.55. The summed E-state index contributed by atoms with van der Waals surface area (Å²) in [6, 6.07) is 8.20. The summed E-state index contributed by atoms with van der Waals surface area (Å²) in [5.41, 5.74) is 1.50. The second-order valence-electron chi connectivity index (χ2n) is 5.79. The molecule has 1 heterocycles. The summed E-state index contributed by atoms with van der Waals surface area (Å²) in [6.07, 6.45) is 0. The van der Waals surface area contributed by atoms with Gasteiger partial charge < -0.3 is 14.6 Å². The Balaban J connectivity index is 1.76. The van der Waals surface area contributed by atoms with Crippen LogP contribution in [0.25, 0.3) is 0 Å². The van der Waals surface area contributed by atoms with E-state index in [-0.39, 0.29) is 12.0 Å². The van der Waals surface area contributed by atoms with E-state index in [1.165, 1.54) is 11.8 Å². The Kier molecular flexibility index (Phi) is 6.65. The van der Waals surface area contributed by atoms with E-state index in [4.69, 9.17) is 49.4 Å². The highest BCUT2D eigenvalue weighted by Crippen LogP contribution is 2.38. The molecule has 27 heavy (non-hydrogen) atoms. The van der Waals surface area contributed by atoms with Gasteiger partial charge in [0.1, 0.15) is 12.6 Å². The number of methoxy groups -OCH3 is 1. The number of benzene rings is 2. The molecule has 5 nitrogen and oxygen atoms in total. The third kappa shape index (κ3) is 4.58. The quantitative estimate of drug-likeness (QED) is 0.605. The molecule has 0 aliphatic carbocycles. The van der Waals surface area contributed by atoms with Crippen LogP contribution in [0.15, 0.2) is 30.3 Å². The van der Waals surface area contributed by atoms with E-state index in [0.717, 1.165) is 5.56 Å². The first-order chi connectivity index (χ1) is 12.9. The van der Waals surface area contributed by atoms with E-state index >= 15 is 0 Å². The second-order valence-corrected chi connectivity index (χ2v) is 8.12. The zero-order chi connectivity index (χ0) is 19.6. The van der Waals surface area contributed by atoms with Crippen molar-refractivity contribution in [1.29, 1.82) is 0 Å². The van der Waals surface area contributed by atoms with Crippen molar-refractivity contribution in [2.45, 2.75) is 18.0 Å². The molecule has 1 aliphatic rings. The number of hydrogen-bond donors (Lipinski definition) is 2. The summed E-state index contributed by atoms with van der Waals surface area (Å²) >= 11 is 19.9. The molecule has 1 saturated heterocycles. The SMILES string of the molecule is COc1cc(C2NC(C(=O)O)CS2)ccc1OCc1c(Cl)ccc(Cl)c1Cl. The minimum Gasteiger partial charge on any atom is -0.493 e. The number of thioether (sulfide) groups is 1. The maximum absolute atomic E-state index is 11.1. The lowest BCUT2D eigenvalue weighted by atomic mass is 10.2. The lowest BCUT2D eigenvalue weighted by molar-refractivity contribution is -0.138. The Morgan fingerprint density at radius 3 is 2.63 bits per heavy atom. The van der Waals surface area contributed by atoms with Crippen molar-refractivity contribution in [2.24, 2.45) is 0 Å². The first-order valence-corrected chi connectivity index (χ1v) is 10.1. The van der Waals surface area contributed by atoms with Crippen LogP contribution < -0.4 is 14.8 Å². The first-order valence-electron chi connectivity index (χ1n) is 7.94. The van der Waals surface area contributed by atoms with Gasteiger partial charge in [-0.25, -0.2) is 0 Å². The molecular weight excluding hydrogens is 433 g/mol. The van der Waals surface area contributed by atoms with Crippen molar-refractivity contribution in [3.63, 3.8) is 0 Å². The molecule has 144 valence electrons. The van der Waals surface area contributed by atoms with Gasteiger partial charge in [-0.3, -0.25) is 10.1 Å². The van der Waals surface area contributed by atoms with Gasteiger partial charge in [-0.1, -0.05) is 40.9 Å². The molecule has 2 aromatic carbocycles. The molecule has 0 bridgehead atoms. The van der Waals surface area contributed by atoms with Gasteiger partial charge in [-0.05, 0) is 29.8 Å². The molecule has 3 rings (SSSR count). The molecule has 2 N–H and O–H groups in total. The zero-order valence-electron chi connectivity index (χ0n) is 14.2. The fourth-order valence-electron chi connectivity index (χ4n) is 2.62. The number of aliphatic carboxylic acids is 1. The summed E-state index contributed by atoms with van der Waals surface area (Å²) in [6.45, 7) is 0.130. The highest BCUT2D eigenvalue weighted by atomic mass is 35.5. The number of hydrogen-bond acceptors (Lipinski definition) is 5. The summed E-state index contributed by atoms with van der Waals surface area (Å²) in [4.78, 5) is 11.1. The summed E-state index contributed by atoms with van der Waals surface area (Å²) in [7, 11) is 1.54. The minimum absolute atomic E-state index is 0.120. The molecule has 0 saturated carbocycles. The van der Waals surface area contributed by atoms with Crippen molar-refractivity contribution < 1.29 is 19.4 Å². The smallest absolute Gasteiger partial charge is 0.321 e. The fourth-order valence-corrected chi connectivity index (χ4v) is 4.50. The van der Waals surface area contributed by atoms with Gasteiger partial charge in [-0.2, -0.15) is 0 Å². The molecule has 1 aliphatic heterocycles. The molecule has 2 unspecified atom stereocenters. The highest BCUT2D eigenvalue weighted by Gasteiger charge is 2.30. The van der Waals surface area contributed by atoms with Crippen LogP contribution in [0.5, 0.6) is 11.5 Å². The molecule has 2 aromatic rings. The fraction of sp³-hybridized carbons (Fsp3) is 0.278. The Hall–Kier alpha value is -1.31. The lowest BCUT2D eigenvalue weighted by Gasteiger charge is -2.16. The number of nitrogens with one attached hydrogen (secondary N) is 1. The van der Waals surface area contributed by atoms with Crippen LogP contribution in [0, 0.1) is 0 Å². The maximum Gasteiger partial charge on any atom is 0.321 e. The predicted octanol–water partition coefficient (Wildman–Crippen LogP) is 5.02. The van der Waals surface area contributed by atoms with Gasteiger partial charge in [0, 0.05) is 16.3 Å². The monoisotopic (exact) mass is 447 g/mol. The van der Waals surface area contributed by atoms with E-state index in [1.54, 1.807) is 25.3 Å². The topological polar surface area (TPSA) is 67.8 Å². The van der Waals surface area contributed by atoms with Crippen LogP contribution in [-0.4, -0.2) is 30.0 Å². The molecular formula is C18H16Cl3NO4S. The third-order valence-electron chi connectivity index (χ3n) is 4.08. The Morgan fingerprint density at radius 1 is 1.22 bits per heavy atom. The van der Waals surface area contributed by atoms with Crippen molar-refractivity contribution in [3.8, 4) is 11.5 Å². The Morgan fingerprint density at radius 2 is 1.96 bits per heavy atom. The molecule has 1 fully saturated rings. The van der Waals surface area contributed by atoms with Gasteiger partial charge in [0.2, 0.25) is 0 Å². The van der Waals surface area contributed by atoms with E-state index in [9.17, 15) is 4.79 Å². The number of halogens is 3. The summed E-state index contributed by atoms with van der Waals surface area (Å²) in [5.74, 6) is 0.702. The van der Waals surface area contributed by atoms with E-state index < -0.39 is 12.0 Å². The standard InChI is InChI=1S/C18H16Cl3NO4S/c1-25-15-6-9(17-22-13(8-27-17)18(23)24)2-5-14(15)26-7-10-11(19)3-4-12(20)16(10)21/h2-6,13,17,22H,7-8H2,1H3,(H,23,24). The second kappa shape index (κ2) is 8.80.